The molecule has 30 heteroatoms. The summed E-state index contributed by atoms with van der Waals surface area (Å²) in [4.78, 5) is 13.1. The Morgan fingerprint density at radius 3 is 1.37 bits per heavy atom. The monoisotopic (exact) mass is 1400 g/mol. The molecular weight excluding hydrogens is 1270 g/mol. The third-order valence-corrected chi connectivity index (χ3v) is 31.1. The van der Waals surface area contributed by atoms with Gasteiger partial charge in [-0.25, -0.2) is 4.79 Å². The van der Waals surface area contributed by atoms with Gasteiger partial charge >= 0.3 is 58.3 Å². The third-order valence-electron chi connectivity index (χ3n) is 13.9. The van der Waals surface area contributed by atoms with Crippen LogP contribution in [-0.4, -0.2) is 268 Å². The zero-order valence-electron chi connectivity index (χ0n) is 60.3. The molecule has 0 spiro atoms. The number of ether oxygens (including phenoxy) is 3. The number of likely N-dealkylation sites (N-methyl/N-ethyl adjacent to an activating group) is 1. The van der Waals surface area contributed by atoms with E-state index in [1.807, 2.05) is 44.8 Å². The van der Waals surface area contributed by atoms with Gasteiger partial charge in [-0.3, -0.25) is 0 Å². The Kier molecular flexibility index (Phi) is 68.3. The molecule has 0 bridgehead atoms. The lowest BCUT2D eigenvalue weighted by Gasteiger charge is -2.25. The molecule has 0 saturated carbocycles. The molecule has 90 heavy (non-hydrogen) atoms. The molecule has 1 atom stereocenters. The van der Waals surface area contributed by atoms with E-state index in [-0.39, 0.29) is 12.6 Å². The number of benzene rings is 1. The molecule has 1 unspecified atom stereocenters. The average Bonchev–Trinajstić information content (AvgIpc) is 4.01. The molecule has 24 nitrogen and oxygen atoms in total. The maximum absolute atomic E-state index is 11.0. The molecule has 536 valence electrons. The van der Waals surface area contributed by atoms with Crippen LogP contribution in [-0.2, 0) is 96.2 Å². The second-order valence-electron chi connectivity index (χ2n) is 20.4. The maximum Gasteiger partial charge on any atom is 0.500 e. The van der Waals surface area contributed by atoms with Crippen LogP contribution >= 0.6 is 0 Å². The minimum Gasteiger partial charge on any atom is -0.462 e. The lowest BCUT2D eigenvalue weighted by molar-refractivity contribution is -0.139. The van der Waals surface area contributed by atoms with Crippen LogP contribution in [0.1, 0.15) is 64.9 Å². The summed E-state index contributed by atoms with van der Waals surface area (Å²) in [7, 11) is 15.0. The first-order valence-corrected chi connectivity index (χ1v) is 43.5. The van der Waals surface area contributed by atoms with Gasteiger partial charge in [0.15, 0.2) is 0 Å². The molecule has 1 heterocycles. The van der Waals surface area contributed by atoms with Crippen LogP contribution in [0.15, 0.2) is 67.8 Å². The Hall–Kier alpha value is -1.67. The predicted molar refractivity (Wildman–Crippen MR) is 373 cm³/mol. The van der Waals surface area contributed by atoms with Crippen molar-refractivity contribution in [1.82, 2.24) is 15.5 Å². The summed E-state index contributed by atoms with van der Waals surface area (Å²) in [6.45, 7) is 28.6. The molecule has 0 radical (unpaired) electrons. The zero-order valence-corrected chi connectivity index (χ0v) is 66.3. The molecule has 1 aliphatic rings. The Labute approximate surface area is 553 Å². The number of esters is 1. The van der Waals surface area contributed by atoms with E-state index < -0.39 is 52.3 Å². The van der Waals surface area contributed by atoms with E-state index >= 15 is 0 Å². The number of carbonyl (C=O) groups excluding carboxylic acids is 1. The number of hydrogen-bond donors (Lipinski definition) is 3. The number of rotatable bonds is 48. The van der Waals surface area contributed by atoms with Crippen molar-refractivity contribution in [2.24, 2.45) is 0 Å². The number of carbonyl (C=O) groups is 1. The molecule has 3 N–H and O–H groups in total. The Morgan fingerprint density at radius 1 is 0.589 bits per heavy atom. The fraction of sp³-hybridized carbons (Fsp3) is 0.783. The fourth-order valence-corrected chi connectivity index (χ4v) is 17.1. The first kappa shape index (κ1) is 97.0. The number of nitrogens with zero attached hydrogens (tertiary/aromatic N) is 1. The number of aliphatic hydroxyl groups is 1. The standard InChI is InChI=1S/C11H18O3Si.C10H20O4Si.C9H23NO4Si.C9H21NO3Si.C9H23NO2Si.C9H20O5Si.C3H6/c1-12-15(13-2,14-3)10-9-11-7-5-4-6-8-11;1-9(2)10(11)14-7-6-8-15(5,12-3)13-4;1-10(7-8-11)6-5-9-15(12-2,13-3)14-4;1-5-7-10-8-6-9-14(11-2,12-3)13-4;1-5-7-10-8-6-9-13(4,11-2)12-3;1-10-15(11-2,12-3)6-4-5-13-7-9-8-14-9;1-3-2/h4-8H,9-10H2,1-3H3;1,6-8H2,2-5H3;11H,5-9H2,1-4H3;5,10H,1,6-9H2,2-4H3;10H,5-9H2,1-4H3;9H,4-8H2,1-3H3;3H,1H2,2H3. The van der Waals surface area contributed by atoms with Crippen molar-refractivity contribution in [3.63, 3.8) is 0 Å². The summed E-state index contributed by atoms with van der Waals surface area (Å²) in [6, 6.07) is 15.4. The Balaban J connectivity index is -0.000000318. The van der Waals surface area contributed by atoms with Gasteiger partial charge in [-0.05, 0) is 123 Å². The quantitative estimate of drug-likeness (QED) is 0.0138. The highest BCUT2D eigenvalue weighted by Crippen LogP contribution is 2.20. The van der Waals surface area contributed by atoms with Crippen LogP contribution in [0.4, 0.5) is 0 Å². The van der Waals surface area contributed by atoms with Crippen LogP contribution < -0.4 is 10.6 Å². The van der Waals surface area contributed by atoms with Crippen molar-refractivity contribution < 1.29 is 94.9 Å². The molecule has 0 aliphatic carbocycles. The van der Waals surface area contributed by atoms with E-state index in [2.05, 4.69) is 60.9 Å². The largest absolute Gasteiger partial charge is 0.500 e. The minimum atomic E-state index is -2.40. The molecular formula is C60H131N3O21Si6. The number of nitrogens with one attached hydrogen (secondary N) is 2. The van der Waals surface area contributed by atoms with Gasteiger partial charge in [-0.2, -0.15) is 0 Å². The van der Waals surface area contributed by atoms with Crippen molar-refractivity contribution in [2.45, 2.75) is 121 Å². The average molecular weight is 1400 g/mol. The molecule has 0 amide bonds. The molecule has 1 aromatic carbocycles. The van der Waals surface area contributed by atoms with Crippen LogP contribution in [0.25, 0.3) is 0 Å². The number of allylic oxidation sites excluding steroid dienone is 1. The van der Waals surface area contributed by atoms with Crippen molar-refractivity contribution in [3.05, 3.63) is 73.4 Å². The van der Waals surface area contributed by atoms with Crippen molar-refractivity contribution >= 4 is 58.3 Å². The van der Waals surface area contributed by atoms with Crippen molar-refractivity contribution in [1.29, 1.82) is 0 Å². The van der Waals surface area contributed by atoms with E-state index in [0.29, 0.717) is 38.0 Å². The molecule has 2 rings (SSSR count). The van der Waals surface area contributed by atoms with Gasteiger partial charge < -0.3 is 106 Å². The van der Waals surface area contributed by atoms with E-state index in [0.717, 1.165) is 114 Å². The lowest BCUT2D eigenvalue weighted by atomic mass is 10.2. The molecule has 0 aromatic heterocycles. The van der Waals surface area contributed by atoms with E-state index in [1.54, 1.807) is 127 Å². The number of epoxide rings is 1. The van der Waals surface area contributed by atoms with Gasteiger partial charge in [0.1, 0.15) is 6.10 Å². The summed E-state index contributed by atoms with van der Waals surface area (Å²) < 4.78 is 100. The van der Waals surface area contributed by atoms with Crippen LogP contribution in [0.2, 0.25) is 49.4 Å². The summed E-state index contributed by atoms with van der Waals surface area (Å²) in [6.07, 6.45) is 10.7. The Bertz CT molecular complexity index is 1720. The summed E-state index contributed by atoms with van der Waals surface area (Å²) >= 11 is 0. The number of aryl methyl sites for hydroxylation is 1. The number of hydrogen-bond acceptors (Lipinski definition) is 24. The van der Waals surface area contributed by atoms with Gasteiger partial charge in [-0.1, -0.05) is 56.0 Å². The molecule has 1 aromatic rings. The SMILES string of the molecule is C=C(C)C(=O)OCCC[Si](C)(OC)OC.C=CC.C=CCNCCC[Si](OC)(OC)OC.CCCNCCC[Si](C)(OC)OC.CO[Si](CCCN(C)CCO)(OC)OC.CO[Si](CCCOCC1CO1)(OC)OC.CO[Si](CCc1ccccc1)(OC)OC. The minimum absolute atomic E-state index is 0.192. The van der Waals surface area contributed by atoms with Crippen LogP contribution in [0.5, 0.6) is 0 Å². The summed E-state index contributed by atoms with van der Waals surface area (Å²) in [5.41, 5.74) is 1.70. The van der Waals surface area contributed by atoms with E-state index in [1.165, 1.54) is 12.0 Å². The normalized spacial score (nSPS) is 13.0. The van der Waals surface area contributed by atoms with Gasteiger partial charge in [0.2, 0.25) is 0 Å². The topological polar surface area (TPSA) is 243 Å². The summed E-state index contributed by atoms with van der Waals surface area (Å²) in [5.74, 6) is -0.340. The van der Waals surface area contributed by atoms with Gasteiger partial charge in [0.05, 0.1) is 26.4 Å². The highest BCUT2D eigenvalue weighted by molar-refractivity contribution is 6.66. The van der Waals surface area contributed by atoms with Crippen LogP contribution in [0.3, 0.4) is 0 Å². The van der Waals surface area contributed by atoms with Crippen molar-refractivity contribution in [3.8, 4) is 0 Å². The molecule has 1 aliphatic heterocycles. The smallest absolute Gasteiger partial charge is 0.462 e. The lowest BCUT2D eigenvalue weighted by Crippen LogP contribution is -2.43. The maximum atomic E-state index is 11.0. The molecule has 1 fully saturated rings. The van der Waals surface area contributed by atoms with Crippen LogP contribution in [0, 0.1) is 0 Å². The Morgan fingerprint density at radius 2 is 0.978 bits per heavy atom. The van der Waals surface area contributed by atoms with Gasteiger partial charge in [0, 0.05) is 163 Å². The van der Waals surface area contributed by atoms with Gasteiger partial charge in [-0.15, -0.1) is 13.2 Å². The first-order chi connectivity index (χ1) is 42.9. The van der Waals surface area contributed by atoms with Gasteiger partial charge in [0.25, 0.3) is 0 Å². The highest BCUT2D eigenvalue weighted by Gasteiger charge is 2.39. The van der Waals surface area contributed by atoms with E-state index in [4.69, 9.17) is 90.1 Å². The highest BCUT2D eigenvalue weighted by atomic mass is 28.4. The predicted octanol–water partition coefficient (Wildman–Crippen LogP) is 8.78. The fourth-order valence-electron chi connectivity index (χ4n) is 7.51. The second-order valence-corrected chi connectivity index (χ2v) is 39.9. The zero-order chi connectivity index (χ0) is 69.7. The van der Waals surface area contributed by atoms with E-state index in [9.17, 15) is 4.79 Å². The molecule has 1 saturated heterocycles. The van der Waals surface area contributed by atoms with Crippen molar-refractivity contribution in [2.75, 3.05) is 193 Å². The summed E-state index contributed by atoms with van der Waals surface area (Å²) in [5, 5.41) is 15.3. The number of aliphatic hydroxyl groups excluding tert-OH is 1. The third kappa shape index (κ3) is 51.6. The first-order valence-electron chi connectivity index (χ1n) is 30.7. The second kappa shape index (κ2) is 63.4.